The van der Waals surface area contributed by atoms with Crippen molar-refractivity contribution in [2.75, 3.05) is 0 Å². The van der Waals surface area contributed by atoms with Crippen LogP contribution in [0, 0.1) is 0 Å². The van der Waals surface area contributed by atoms with E-state index < -0.39 is 0 Å². The van der Waals surface area contributed by atoms with Crippen molar-refractivity contribution in [3.05, 3.63) is 95.3 Å². The van der Waals surface area contributed by atoms with Crippen LogP contribution in [0.5, 0.6) is 0 Å². The fraction of sp³-hybridized carbons (Fsp3) is 0. The summed E-state index contributed by atoms with van der Waals surface area (Å²) in [6, 6.07) is 27.2. The second-order valence-electron chi connectivity index (χ2n) is 5.31. The molecule has 0 spiro atoms. The molecule has 0 saturated carbocycles. The molecule has 0 fully saturated rings. The summed E-state index contributed by atoms with van der Waals surface area (Å²) < 4.78 is 3.13. The largest absolute Gasteiger partial charge is 0.285 e. The fourth-order valence-electron chi connectivity index (χ4n) is 2.61. The summed E-state index contributed by atoms with van der Waals surface area (Å²) in [7, 11) is 0. The van der Waals surface area contributed by atoms with Crippen LogP contribution in [0.4, 0.5) is 0 Å². The maximum Gasteiger partial charge on any atom is 0.279 e. The molecule has 24 heavy (non-hydrogen) atoms. The Kier molecular flexibility index (Phi) is 3.81. The van der Waals surface area contributed by atoms with Crippen molar-refractivity contribution in [2.45, 2.75) is 0 Å². The molecule has 0 radical (unpaired) electrons. The van der Waals surface area contributed by atoms with E-state index in [-0.39, 0.29) is 5.91 Å². The smallest absolute Gasteiger partial charge is 0.279 e. The van der Waals surface area contributed by atoms with Gasteiger partial charge in [-0.05, 0) is 36.4 Å². The molecule has 1 amide bonds. The van der Waals surface area contributed by atoms with Gasteiger partial charge in [0.1, 0.15) is 0 Å². The number of rotatable bonds is 2. The van der Waals surface area contributed by atoms with Gasteiger partial charge >= 0.3 is 0 Å². The van der Waals surface area contributed by atoms with Crippen molar-refractivity contribution in [1.29, 1.82) is 0 Å². The van der Waals surface area contributed by atoms with Crippen molar-refractivity contribution in [2.24, 2.45) is 4.99 Å². The van der Waals surface area contributed by atoms with Gasteiger partial charge in [-0.15, -0.1) is 0 Å². The normalized spacial score (nSPS) is 11.8. The first-order valence-corrected chi connectivity index (χ1v) is 8.45. The first-order chi connectivity index (χ1) is 11.8. The predicted molar refractivity (Wildman–Crippen MR) is 97.5 cm³/mol. The number of carbonyl (C=O) groups excluding carboxylic acids is 1. The number of amides is 1. The molecule has 0 aliphatic carbocycles. The highest BCUT2D eigenvalue weighted by Gasteiger charge is 2.10. The van der Waals surface area contributed by atoms with Crippen LogP contribution < -0.4 is 4.80 Å². The molecule has 0 bridgehead atoms. The molecule has 4 rings (SSSR count). The number of aromatic nitrogens is 1. The molecule has 0 saturated heterocycles. The second kappa shape index (κ2) is 6.26. The summed E-state index contributed by atoms with van der Waals surface area (Å²) >= 11 is 1.52. The van der Waals surface area contributed by atoms with Gasteiger partial charge in [0.25, 0.3) is 5.91 Å². The van der Waals surface area contributed by atoms with Crippen LogP contribution >= 0.6 is 11.3 Å². The summed E-state index contributed by atoms with van der Waals surface area (Å²) in [5.74, 6) is -0.230. The lowest BCUT2D eigenvalue weighted by molar-refractivity contribution is 0.0998. The van der Waals surface area contributed by atoms with Crippen LogP contribution in [0.2, 0.25) is 0 Å². The van der Waals surface area contributed by atoms with Crippen LogP contribution in [0.1, 0.15) is 10.4 Å². The Morgan fingerprint density at radius 3 is 2.17 bits per heavy atom. The summed E-state index contributed by atoms with van der Waals surface area (Å²) in [4.78, 5) is 17.6. The standard InChI is InChI=1S/C20H14N2OS/c23-19(15-9-3-1-4-10-15)21-20-22(16-11-5-2-6-12-16)17-13-7-8-14-18(17)24-20/h1-14H. The van der Waals surface area contributed by atoms with Crippen molar-refractivity contribution in [3.63, 3.8) is 0 Å². The van der Waals surface area contributed by atoms with E-state index in [2.05, 4.69) is 4.99 Å². The molecule has 1 heterocycles. The molecule has 0 unspecified atom stereocenters. The zero-order valence-corrected chi connectivity index (χ0v) is 13.6. The Morgan fingerprint density at radius 2 is 1.42 bits per heavy atom. The molecule has 3 aromatic carbocycles. The number of thiazole rings is 1. The molecule has 0 aliphatic heterocycles. The Balaban J connectivity index is 1.96. The highest BCUT2D eigenvalue weighted by atomic mass is 32.1. The number of fused-ring (bicyclic) bond motifs is 1. The van der Waals surface area contributed by atoms with Gasteiger partial charge in [-0.2, -0.15) is 4.99 Å². The molecule has 4 aromatic rings. The SMILES string of the molecule is O=C(N=c1sc2ccccc2n1-c1ccccc1)c1ccccc1. The number of para-hydroxylation sites is 2. The van der Waals surface area contributed by atoms with Gasteiger partial charge in [0, 0.05) is 11.3 Å². The number of hydrogen-bond donors (Lipinski definition) is 0. The van der Waals surface area contributed by atoms with E-state index in [1.54, 1.807) is 12.1 Å². The van der Waals surface area contributed by atoms with Crippen molar-refractivity contribution in [1.82, 2.24) is 4.57 Å². The molecule has 0 aliphatic rings. The van der Waals surface area contributed by atoms with Crippen LogP contribution in [-0.4, -0.2) is 10.5 Å². The van der Waals surface area contributed by atoms with Gasteiger partial charge < -0.3 is 0 Å². The third-order valence-electron chi connectivity index (χ3n) is 3.73. The minimum atomic E-state index is -0.230. The second-order valence-corrected chi connectivity index (χ2v) is 6.32. The average Bonchev–Trinajstić information content (AvgIpc) is 3.01. The Hall–Kier alpha value is -2.98. The van der Waals surface area contributed by atoms with Gasteiger partial charge in [-0.1, -0.05) is 59.9 Å². The van der Waals surface area contributed by atoms with E-state index in [0.29, 0.717) is 10.4 Å². The number of nitrogens with zero attached hydrogens (tertiary/aromatic N) is 2. The van der Waals surface area contributed by atoms with E-state index in [0.717, 1.165) is 15.9 Å². The summed E-state index contributed by atoms with van der Waals surface area (Å²) in [5, 5.41) is 0. The third kappa shape index (κ3) is 2.68. The maximum atomic E-state index is 12.5. The topological polar surface area (TPSA) is 34.4 Å². The Labute approximate surface area is 143 Å². The van der Waals surface area contributed by atoms with E-state index in [1.807, 2.05) is 77.4 Å². The quantitative estimate of drug-likeness (QED) is 0.535. The van der Waals surface area contributed by atoms with Gasteiger partial charge in [0.15, 0.2) is 4.80 Å². The minimum Gasteiger partial charge on any atom is -0.285 e. The number of benzene rings is 3. The average molecular weight is 330 g/mol. The maximum absolute atomic E-state index is 12.5. The van der Waals surface area contributed by atoms with Crippen molar-refractivity contribution >= 4 is 27.5 Å². The lowest BCUT2D eigenvalue weighted by atomic mass is 10.2. The highest BCUT2D eigenvalue weighted by Crippen LogP contribution is 2.20. The molecule has 3 nitrogen and oxygen atoms in total. The van der Waals surface area contributed by atoms with E-state index in [4.69, 9.17) is 0 Å². The molecular formula is C20H14N2OS. The van der Waals surface area contributed by atoms with Crippen LogP contribution in [0.25, 0.3) is 15.9 Å². The monoisotopic (exact) mass is 330 g/mol. The molecule has 116 valence electrons. The van der Waals surface area contributed by atoms with Crippen LogP contribution in [0.15, 0.2) is 89.9 Å². The lowest BCUT2D eigenvalue weighted by Gasteiger charge is -2.04. The van der Waals surface area contributed by atoms with E-state index in [9.17, 15) is 4.79 Å². The van der Waals surface area contributed by atoms with Gasteiger partial charge in [0.05, 0.1) is 10.2 Å². The number of hydrogen-bond acceptors (Lipinski definition) is 2. The van der Waals surface area contributed by atoms with Gasteiger partial charge in [-0.3, -0.25) is 9.36 Å². The third-order valence-corrected chi connectivity index (χ3v) is 4.75. The van der Waals surface area contributed by atoms with Crippen LogP contribution in [0.3, 0.4) is 0 Å². The molecule has 0 atom stereocenters. The first-order valence-electron chi connectivity index (χ1n) is 7.63. The zero-order valence-electron chi connectivity index (χ0n) is 12.8. The zero-order chi connectivity index (χ0) is 16.4. The summed E-state index contributed by atoms with van der Waals surface area (Å²) in [6.45, 7) is 0. The van der Waals surface area contributed by atoms with E-state index in [1.165, 1.54) is 11.3 Å². The Bertz CT molecular complexity index is 1060. The molecular weight excluding hydrogens is 316 g/mol. The predicted octanol–water partition coefficient (Wildman–Crippen LogP) is 4.43. The van der Waals surface area contributed by atoms with Gasteiger partial charge in [-0.25, -0.2) is 0 Å². The summed E-state index contributed by atoms with van der Waals surface area (Å²) in [5.41, 5.74) is 2.64. The molecule has 0 N–H and O–H groups in total. The van der Waals surface area contributed by atoms with Crippen molar-refractivity contribution in [3.8, 4) is 5.69 Å². The van der Waals surface area contributed by atoms with E-state index >= 15 is 0 Å². The number of carbonyl (C=O) groups is 1. The molecule has 1 aromatic heterocycles. The highest BCUT2D eigenvalue weighted by molar-refractivity contribution is 7.16. The lowest BCUT2D eigenvalue weighted by Crippen LogP contribution is -2.15. The summed E-state index contributed by atoms with van der Waals surface area (Å²) in [6.07, 6.45) is 0. The Morgan fingerprint density at radius 1 is 0.792 bits per heavy atom. The first kappa shape index (κ1) is 14.6. The fourth-order valence-corrected chi connectivity index (χ4v) is 3.64. The minimum absolute atomic E-state index is 0.230. The molecule has 4 heteroatoms. The van der Waals surface area contributed by atoms with Crippen LogP contribution in [-0.2, 0) is 0 Å². The van der Waals surface area contributed by atoms with Crippen molar-refractivity contribution < 1.29 is 4.79 Å². The van der Waals surface area contributed by atoms with Gasteiger partial charge in [0.2, 0.25) is 0 Å².